The van der Waals surface area contributed by atoms with E-state index in [1.165, 1.54) is 10.9 Å². The van der Waals surface area contributed by atoms with E-state index >= 15 is 0 Å². The fourth-order valence-corrected chi connectivity index (χ4v) is 3.43. The molecule has 3 rings (SSSR count). The molecule has 9 heteroatoms. The summed E-state index contributed by atoms with van der Waals surface area (Å²) < 4.78 is 28.7. The normalized spacial score (nSPS) is 12.1. The standard InChI is InChI=1S/C22H25F2N5O2/c1-12(2)21(29-11-26-18-8-15(23)16(24)9-19(18)29)22(31)28-27-20(30)10-25-17-6-5-13(3)7-14(17)4/h5-9,11-12,21,25H,10H2,1-4H3,(H,27,30)(H,28,31). The number of hydrazine groups is 1. The zero-order chi connectivity index (χ0) is 22.7. The Bertz CT molecular complexity index is 1130. The maximum Gasteiger partial charge on any atom is 0.261 e. The van der Waals surface area contributed by atoms with Crippen LogP contribution in [0.15, 0.2) is 36.7 Å². The van der Waals surface area contributed by atoms with Crippen LogP contribution < -0.4 is 16.2 Å². The fraction of sp³-hybridized carbons (Fsp3) is 0.318. The minimum absolute atomic E-state index is 0.0327. The molecule has 1 aromatic heterocycles. The first-order chi connectivity index (χ1) is 14.7. The number of carbonyl (C=O) groups is 2. The number of nitrogens with one attached hydrogen (secondary N) is 3. The van der Waals surface area contributed by atoms with Crippen molar-refractivity contribution in [1.82, 2.24) is 20.4 Å². The first-order valence-electron chi connectivity index (χ1n) is 9.88. The summed E-state index contributed by atoms with van der Waals surface area (Å²) in [5.74, 6) is -3.18. The Morgan fingerprint density at radius 2 is 1.77 bits per heavy atom. The largest absolute Gasteiger partial charge is 0.376 e. The predicted octanol–water partition coefficient (Wildman–Crippen LogP) is 3.39. The second kappa shape index (κ2) is 9.11. The molecular weight excluding hydrogens is 404 g/mol. The van der Waals surface area contributed by atoms with Gasteiger partial charge in [0.15, 0.2) is 11.6 Å². The molecule has 2 aromatic carbocycles. The van der Waals surface area contributed by atoms with Crippen LogP contribution in [-0.4, -0.2) is 27.9 Å². The third-order valence-corrected chi connectivity index (χ3v) is 4.96. The van der Waals surface area contributed by atoms with E-state index in [2.05, 4.69) is 21.2 Å². The number of hydrogen-bond donors (Lipinski definition) is 3. The number of rotatable bonds is 6. The molecule has 0 radical (unpaired) electrons. The number of anilines is 1. The SMILES string of the molecule is Cc1ccc(NCC(=O)NNC(=O)C(C(C)C)n2cnc3cc(F)c(F)cc32)c(C)c1. The van der Waals surface area contributed by atoms with Gasteiger partial charge in [-0.1, -0.05) is 31.5 Å². The quantitative estimate of drug-likeness (QED) is 0.524. The number of carbonyl (C=O) groups excluding carboxylic acids is 2. The highest BCUT2D eigenvalue weighted by Crippen LogP contribution is 2.25. The monoisotopic (exact) mass is 429 g/mol. The maximum atomic E-state index is 13.7. The van der Waals surface area contributed by atoms with Crippen LogP contribution >= 0.6 is 0 Å². The highest BCUT2D eigenvalue weighted by Gasteiger charge is 2.26. The molecular formula is C22H25F2N5O2. The Labute approximate surface area is 178 Å². The molecule has 1 atom stereocenters. The molecule has 3 N–H and O–H groups in total. The lowest BCUT2D eigenvalue weighted by atomic mass is 10.0. The van der Waals surface area contributed by atoms with E-state index in [0.717, 1.165) is 28.9 Å². The number of aryl methyl sites for hydroxylation is 2. The molecule has 0 bridgehead atoms. The van der Waals surface area contributed by atoms with Crippen molar-refractivity contribution in [2.45, 2.75) is 33.7 Å². The van der Waals surface area contributed by atoms with Crippen LogP contribution in [0.25, 0.3) is 11.0 Å². The molecule has 0 saturated carbocycles. The molecule has 0 saturated heterocycles. The van der Waals surface area contributed by atoms with Gasteiger partial charge in [-0.3, -0.25) is 20.4 Å². The van der Waals surface area contributed by atoms with Crippen LogP contribution in [0.1, 0.15) is 31.0 Å². The van der Waals surface area contributed by atoms with Crippen LogP contribution in [-0.2, 0) is 9.59 Å². The number of benzene rings is 2. The van der Waals surface area contributed by atoms with Crippen LogP contribution in [0.4, 0.5) is 14.5 Å². The lowest BCUT2D eigenvalue weighted by Crippen LogP contribution is -2.47. The van der Waals surface area contributed by atoms with Crippen LogP contribution in [0, 0.1) is 31.4 Å². The molecule has 1 heterocycles. The van der Waals surface area contributed by atoms with Crippen molar-refractivity contribution in [1.29, 1.82) is 0 Å². The van der Waals surface area contributed by atoms with Gasteiger partial charge in [0.2, 0.25) is 0 Å². The lowest BCUT2D eigenvalue weighted by Gasteiger charge is -2.22. The van der Waals surface area contributed by atoms with Crippen molar-refractivity contribution in [3.05, 3.63) is 59.4 Å². The summed E-state index contributed by atoms with van der Waals surface area (Å²) in [4.78, 5) is 29.0. The van der Waals surface area contributed by atoms with Gasteiger partial charge in [0.05, 0.1) is 23.9 Å². The average Bonchev–Trinajstić information content (AvgIpc) is 3.08. The van der Waals surface area contributed by atoms with E-state index in [0.29, 0.717) is 0 Å². The van der Waals surface area contributed by atoms with Crippen molar-refractivity contribution in [2.75, 3.05) is 11.9 Å². The highest BCUT2D eigenvalue weighted by atomic mass is 19.2. The summed E-state index contributed by atoms with van der Waals surface area (Å²) in [6.45, 7) is 7.50. The molecule has 2 amide bonds. The molecule has 0 aliphatic heterocycles. The molecule has 3 aromatic rings. The first-order valence-corrected chi connectivity index (χ1v) is 9.88. The Balaban J connectivity index is 1.66. The van der Waals surface area contributed by atoms with Gasteiger partial charge >= 0.3 is 0 Å². The van der Waals surface area contributed by atoms with E-state index < -0.39 is 29.5 Å². The minimum Gasteiger partial charge on any atom is -0.376 e. The van der Waals surface area contributed by atoms with Crippen molar-refractivity contribution < 1.29 is 18.4 Å². The molecule has 164 valence electrons. The van der Waals surface area contributed by atoms with E-state index in [-0.39, 0.29) is 23.5 Å². The Morgan fingerprint density at radius 1 is 1.06 bits per heavy atom. The topological polar surface area (TPSA) is 88.0 Å². The number of fused-ring (bicyclic) bond motifs is 1. The Kier molecular flexibility index (Phi) is 6.53. The fourth-order valence-electron chi connectivity index (χ4n) is 3.43. The Morgan fingerprint density at radius 3 is 2.45 bits per heavy atom. The number of imidazole rings is 1. The second-order valence-corrected chi connectivity index (χ2v) is 7.81. The van der Waals surface area contributed by atoms with Gasteiger partial charge in [-0.05, 0) is 31.4 Å². The molecule has 0 aliphatic carbocycles. The molecule has 0 spiro atoms. The summed E-state index contributed by atoms with van der Waals surface area (Å²) in [7, 11) is 0. The molecule has 0 fully saturated rings. The summed E-state index contributed by atoms with van der Waals surface area (Å²) in [6.07, 6.45) is 1.36. The first kappa shape index (κ1) is 22.2. The van der Waals surface area contributed by atoms with Crippen molar-refractivity contribution in [3.8, 4) is 0 Å². The summed E-state index contributed by atoms with van der Waals surface area (Å²) in [6, 6.07) is 7.02. The summed E-state index contributed by atoms with van der Waals surface area (Å²) in [5.41, 5.74) is 8.26. The van der Waals surface area contributed by atoms with E-state index in [1.807, 2.05) is 32.0 Å². The zero-order valence-electron chi connectivity index (χ0n) is 17.8. The smallest absolute Gasteiger partial charge is 0.261 e. The van der Waals surface area contributed by atoms with Crippen molar-refractivity contribution >= 4 is 28.5 Å². The predicted molar refractivity (Wildman–Crippen MR) is 114 cm³/mol. The van der Waals surface area contributed by atoms with Gasteiger partial charge in [0, 0.05) is 17.8 Å². The number of nitrogens with zero attached hydrogens (tertiary/aromatic N) is 2. The molecule has 31 heavy (non-hydrogen) atoms. The van der Waals surface area contributed by atoms with Gasteiger partial charge in [0.1, 0.15) is 6.04 Å². The van der Waals surface area contributed by atoms with Crippen molar-refractivity contribution in [3.63, 3.8) is 0 Å². The Hall–Kier alpha value is -3.49. The van der Waals surface area contributed by atoms with Crippen LogP contribution in [0.2, 0.25) is 0 Å². The third kappa shape index (κ3) is 4.99. The van der Waals surface area contributed by atoms with Gasteiger partial charge in [-0.15, -0.1) is 0 Å². The van der Waals surface area contributed by atoms with Crippen molar-refractivity contribution in [2.24, 2.45) is 5.92 Å². The zero-order valence-corrected chi connectivity index (χ0v) is 17.8. The van der Waals surface area contributed by atoms with Gasteiger partial charge in [-0.25, -0.2) is 13.8 Å². The third-order valence-electron chi connectivity index (χ3n) is 4.96. The second-order valence-electron chi connectivity index (χ2n) is 7.81. The minimum atomic E-state index is -1.03. The number of aromatic nitrogens is 2. The molecule has 1 unspecified atom stereocenters. The van der Waals surface area contributed by atoms with Gasteiger partial charge in [0.25, 0.3) is 11.8 Å². The average molecular weight is 429 g/mol. The molecule has 0 aliphatic rings. The van der Waals surface area contributed by atoms with E-state index in [9.17, 15) is 18.4 Å². The van der Waals surface area contributed by atoms with E-state index in [1.54, 1.807) is 13.8 Å². The number of halogens is 2. The van der Waals surface area contributed by atoms with Crippen LogP contribution in [0.3, 0.4) is 0 Å². The van der Waals surface area contributed by atoms with Crippen LogP contribution in [0.5, 0.6) is 0 Å². The van der Waals surface area contributed by atoms with Gasteiger partial charge < -0.3 is 9.88 Å². The summed E-state index contributed by atoms with van der Waals surface area (Å²) in [5, 5.41) is 3.02. The summed E-state index contributed by atoms with van der Waals surface area (Å²) >= 11 is 0. The lowest BCUT2D eigenvalue weighted by molar-refractivity contribution is -0.130. The van der Waals surface area contributed by atoms with E-state index in [4.69, 9.17) is 0 Å². The number of hydrogen-bond acceptors (Lipinski definition) is 4. The van der Waals surface area contributed by atoms with Gasteiger partial charge in [-0.2, -0.15) is 0 Å². The maximum absolute atomic E-state index is 13.7. The highest BCUT2D eigenvalue weighted by molar-refractivity contribution is 5.87. The molecule has 7 nitrogen and oxygen atoms in total. The number of amides is 2.